The first-order valence-corrected chi connectivity index (χ1v) is 35.9. The number of aldehydes is 1. The van der Waals surface area contributed by atoms with E-state index in [2.05, 4.69) is 74.7 Å². The predicted molar refractivity (Wildman–Crippen MR) is 378 cm³/mol. The van der Waals surface area contributed by atoms with Gasteiger partial charge in [0.1, 0.15) is 83.5 Å². The molecule has 1 aliphatic heterocycles. The standard InChI is InChI=1S/C63H96N16O28S2/c1-28(2)49(61(107)74-41(26-84)57(103)68-33(11-13-44(64)89)54(100)71-38(23-81)30(4)86)77-56(102)37(19-32-9-7-6-8-10-32)75-63-52(98)50(31(5)87)78-60(106)42(27-85)76-62(108-109-63)51(97)36(21-48(95)96)70-58(104)40(25-83)73-59(105)39(24-82)72-53(99)29(3)67-45(90)22-65-16-15-43(88)35(20-47(93)94)69-55(101)34(12-14-46(91)92)79-66-17-18-80/h6-10,18,28-29,31,33-42,49-50,62-63,65-66,75-76,79,81-85,87H,11-17,19-27H2,1-5H3,(H2,64,89)(H,67,90)(H,68,103)(H,69,101)(H,70,104)(H,71,100)(H,72,99)(H,73,105)(H,74,107)(H,77,102)(H,78,106)(H,91,92)(H,93,94)(H,95,96)/t29-,31+,33-,34-,35-,36-,37-,38-,39-,40-,41-,42-,49-,50-,62?,63?/m0/s1. The molecule has 1 fully saturated rings. The SMILES string of the molecule is CC(=O)[C@H](CO)NC(=O)[C@H](CCC(N)=O)NC(=O)[C@H](CO)NC(=O)[C@@H](NC(=O)[C@H](Cc1ccccc1)NC1SSC(C(=O)[C@H](CC(=O)O)NC(=O)[C@H](CO)NC(=O)[C@H](CO)NC(=O)[C@H](C)NC(=O)CNCCC(=O)[C@H](CC(=O)O)NC(=O)[C@H](CCC(=O)O)NNCC=O)N[C@@H](CO)C(=O)N[C@@H]([C@@H](C)O)C1=O)C(C)C. The molecule has 1 aromatic carbocycles. The molecule has 0 radical (unpaired) electrons. The van der Waals surface area contributed by atoms with Gasteiger partial charge in [-0.15, -0.1) is 0 Å². The van der Waals surface area contributed by atoms with Crippen molar-refractivity contribution in [2.24, 2.45) is 11.7 Å². The van der Waals surface area contributed by atoms with Gasteiger partial charge in [0, 0.05) is 25.8 Å². The summed E-state index contributed by atoms with van der Waals surface area (Å²) in [7, 11) is 0.808. The Kier molecular flexibility index (Phi) is 43.3. The molecule has 2 unspecified atom stereocenters. The monoisotopic (exact) mass is 1590 g/mol. The molecular formula is C63H96N16O28S2. The van der Waals surface area contributed by atoms with E-state index in [1.54, 1.807) is 30.3 Å². The number of aliphatic hydroxyl groups excluding tert-OH is 6. The number of aliphatic hydroxyl groups is 6. The normalized spacial score (nSPS) is 18.5. The summed E-state index contributed by atoms with van der Waals surface area (Å²) in [6.45, 7) is -0.622. The molecule has 46 heteroatoms. The number of amides is 11. The second kappa shape index (κ2) is 49.5. The zero-order chi connectivity index (χ0) is 82.4. The van der Waals surface area contributed by atoms with Gasteiger partial charge in [0.25, 0.3) is 0 Å². The third-order valence-corrected chi connectivity index (χ3v) is 18.5. The Morgan fingerprint density at radius 2 is 1.06 bits per heavy atom. The van der Waals surface area contributed by atoms with Gasteiger partial charge in [-0.05, 0) is 51.5 Å². The van der Waals surface area contributed by atoms with Crippen LogP contribution in [0.4, 0.5) is 0 Å². The number of primary amides is 1. The van der Waals surface area contributed by atoms with E-state index in [1.807, 2.05) is 5.32 Å². The van der Waals surface area contributed by atoms with Crippen LogP contribution in [0.15, 0.2) is 30.3 Å². The molecule has 1 aliphatic rings. The number of carbonyl (C=O) groups is 19. The summed E-state index contributed by atoms with van der Waals surface area (Å²) in [6.07, 6.45) is -6.08. The zero-order valence-electron chi connectivity index (χ0n) is 59.8. The van der Waals surface area contributed by atoms with Gasteiger partial charge in [-0.2, -0.15) is 0 Å². The van der Waals surface area contributed by atoms with E-state index >= 15 is 0 Å². The van der Waals surface area contributed by atoms with Crippen molar-refractivity contribution in [3.8, 4) is 0 Å². The fraction of sp³-hybridized carbons (Fsp3) is 0.603. The molecule has 44 nitrogen and oxygen atoms in total. The van der Waals surface area contributed by atoms with Crippen LogP contribution in [0.3, 0.4) is 0 Å². The summed E-state index contributed by atoms with van der Waals surface area (Å²) >= 11 is 0. The molecular weight excluding hydrogens is 1490 g/mol. The van der Waals surface area contributed by atoms with Gasteiger partial charge in [0.15, 0.2) is 23.1 Å². The average molecular weight is 1590 g/mol. The molecule has 0 aromatic heterocycles. The fourth-order valence-corrected chi connectivity index (χ4v) is 12.5. The zero-order valence-corrected chi connectivity index (χ0v) is 61.4. The van der Waals surface area contributed by atoms with Crippen molar-refractivity contribution in [2.75, 3.05) is 52.7 Å². The fourth-order valence-electron chi connectivity index (χ4n) is 9.75. The van der Waals surface area contributed by atoms with Crippen LogP contribution in [0.1, 0.15) is 85.1 Å². The van der Waals surface area contributed by atoms with Crippen molar-refractivity contribution >= 4 is 134 Å². The number of aliphatic carboxylic acids is 3. The number of Topliss-reactive ketones (excluding diaryl/α,β-unsaturated/α-hetero) is 4. The highest BCUT2D eigenvalue weighted by molar-refractivity contribution is 8.77. The van der Waals surface area contributed by atoms with E-state index in [4.69, 9.17) is 10.8 Å². The number of hydrogen-bond acceptors (Lipinski definition) is 32. The predicted octanol–water partition coefficient (Wildman–Crippen LogP) is -11.9. The second-order valence-electron chi connectivity index (χ2n) is 24.9. The van der Waals surface area contributed by atoms with Gasteiger partial charge < -0.3 is 115 Å². The maximum atomic E-state index is 14.7. The summed E-state index contributed by atoms with van der Waals surface area (Å²) in [5.41, 5.74) is 10.4. The van der Waals surface area contributed by atoms with E-state index in [-0.39, 0.29) is 25.9 Å². The molecule has 11 amide bonds. The molecule has 1 saturated heterocycles. The number of nitrogens with one attached hydrogen (secondary N) is 15. The number of hydrazine groups is 1. The lowest BCUT2D eigenvalue weighted by Crippen LogP contribution is -2.63. The molecule has 1 heterocycles. The van der Waals surface area contributed by atoms with Gasteiger partial charge in [-0.25, -0.2) is 10.9 Å². The van der Waals surface area contributed by atoms with Crippen LogP contribution in [0.2, 0.25) is 0 Å². The Morgan fingerprint density at radius 3 is 1.58 bits per heavy atom. The molecule has 26 N–H and O–H groups in total. The summed E-state index contributed by atoms with van der Waals surface area (Å²) in [6, 6.07) is -14.7. The first-order chi connectivity index (χ1) is 51.4. The van der Waals surface area contributed by atoms with Gasteiger partial charge in [0.2, 0.25) is 65.0 Å². The Balaban J connectivity index is 2.40. The van der Waals surface area contributed by atoms with E-state index in [0.29, 0.717) is 33.4 Å². The molecule has 2 rings (SSSR count). The molecule has 0 spiro atoms. The third kappa shape index (κ3) is 34.3. The van der Waals surface area contributed by atoms with Crippen LogP contribution in [0, 0.1) is 5.92 Å². The quantitative estimate of drug-likeness (QED) is 0.0125. The van der Waals surface area contributed by atoms with Crippen molar-refractivity contribution in [3.63, 3.8) is 0 Å². The number of rotatable bonds is 51. The second-order valence-corrected chi connectivity index (χ2v) is 27.3. The van der Waals surface area contributed by atoms with E-state index < -0.39 is 285 Å². The number of benzene rings is 1. The summed E-state index contributed by atoms with van der Waals surface area (Å²) in [4.78, 5) is 248. The topological polar surface area (TPSA) is 713 Å². The van der Waals surface area contributed by atoms with Crippen LogP contribution in [0.5, 0.6) is 0 Å². The van der Waals surface area contributed by atoms with Gasteiger partial charge in [-0.3, -0.25) is 96.9 Å². The molecule has 0 bridgehead atoms. The Bertz CT molecular complexity index is 3360. The molecule has 0 aliphatic carbocycles. The lowest BCUT2D eigenvalue weighted by molar-refractivity contribution is -0.141. The summed E-state index contributed by atoms with van der Waals surface area (Å²) < 4.78 is 0. The Morgan fingerprint density at radius 1 is 0.569 bits per heavy atom. The van der Waals surface area contributed by atoms with E-state index in [1.165, 1.54) is 13.8 Å². The van der Waals surface area contributed by atoms with Crippen LogP contribution >= 0.6 is 21.6 Å². The molecule has 0 saturated carbocycles. The molecule has 16 atom stereocenters. The van der Waals surface area contributed by atoms with Gasteiger partial charge >= 0.3 is 17.9 Å². The van der Waals surface area contributed by atoms with Gasteiger partial charge in [0.05, 0.1) is 77.2 Å². The summed E-state index contributed by atoms with van der Waals surface area (Å²) in [5.74, 6) is -21.8. The highest BCUT2D eigenvalue weighted by atomic mass is 33.1. The first-order valence-electron chi connectivity index (χ1n) is 33.7. The average Bonchev–Trinajstić information content (AvgIpc) is 0.818. The first kappa shape index (κ1) is 95.5. The molecule has 1 aromatic rings. The van der Waals surface area contributed by atoms with Crippen molar-refractivity contribution in [1.29, 1.82) is 0 Å². The van der Waals surface area contributed by atoms with Crippen LogP contribution < -0.4 is 85.7 Å². The van der Waals surface area contributed by atoms with Crippen molar-refractivity contribution in [2.45, 2.75) is 181 Å². The van der Waals surface area contributed by atoms with Crippen molar-refractivity contribution in [1.82, 2.24) is 80.0 Å². The largest absolute Gasteiger partial charge is 0.481 e. The highest BCUT2D eigenvalue weighted by Gasteiger charge is 2.43. The van der Waals surface area contributed by atoms with Crippen molar-refractivity contribution in [3.05, 3.63) is 35.9 Å². The summed E-state index contributed by atoms with van der Waals surface area (Å²) in [5, 5.41) is 117. The number of hydrogen-bond donors (Lipinski definition) is 25. The van der Waals surface area contributed by atoms with Crippen LogP contribution in [-0.2, 0) is 97.5 Å². The molecule has 608 valence electrons. The van der Waals surface area contributed by atoms with Crippen LogP contribution in [-0.4, -0.2) is 306 Å². The lowest BCUT2D eigenvalue weighted by atomic mass is 10.00. The maximum Gasteiger partial charge on any atom is 0.305 e. The maximum absolute atomic E-state index is 14.7. The van der Waals surface area contributed by atoms with Crippen LogP contribution in [0.25, 0.3) is 0 Å². The van der Waals surface area contributed by atoms with Gasteiger partial charge in [-0.1, -0.05) is 65.8 Å². The molecule has 109 heavy (non-hydrogen) atoms. The number of ketones is 4. The lowest BCUT2D eigenvalue weighted by Gasteiger charge is -2.33. The Hall–Kier alpha value is -9.59. The minimum atomic E-state index is -2.20. The highest BCUT2D eigenvalue weighted by Crippen LogP contribution is 2.33. The minimum absolute atomic E-state index is 0.299. The smallest absolute Gasteiger partial charge is 0.305 e. The number of nitrogens with two attached hydrogens (primary N) is 1. The van der Waals surface area contributed by atoms with E-state index in [9.17, 15) is 132 Å². The van der Waals surface area contributed by atoms with Crippen molar-refractivity contribution < 1.29 is 137 Å². The third-order valence-electron chi connectivity index (χ3n) is 15.8. The van der Waals surface area contributed by atoms with E-state index in [0.717, 1.165) is 20.8 Å². The minimum Gasteiger partial charge on any atom is -0.481 e. The number of carboxylic acids is 3. The Labute approximate surface area is 630 Å². The number of carbonyl (C=O) groups excluding carboxylic acids is 16. The number of carboxylic acid groups (broad SMARTS) is 3.